The van der Waals surface area contributed by atoms with E-state index in [2.05, 4.69) is 102 Å². The SMILES string of the molecule is CC(C)(C)[Si](C)(C)O[As](O[Si](C)(C)C(C)(C)C)O[Si](C)(C)C(C)(C)C. The van der Waals surface area contributed by atoms with Gasteiger partial charge < -0.3 is 0 Å². The molecule has 0 heterocycles. The second-order valence-corrected chi connectivity index (χ2v) is 30.3. The quantitative estimate of drug-likeness (QED) is 0.391. The molecule has 0 amide bonds. The van der Waals surface area contributed by atoms with Gasteiger partial charge in [-0.2, -0.15) is 0 Å². The average Bonchev–Trinajstić information content (AvgIpc) is 2.21. The second-order valence-electron chi connectivity index (χ2n) is 11.8. The van der Waals surface area contributed by atoms with Crippen molar-refractivity contribution in [2.75, 3.05) is 0 Å². The Bertz CT molecular complexity index is 377. The minimum absolute atomic E-state index is 0.160. The van der Waals surface area contributed by atoms with Crippen molar-refractivity contribution in [3.63, 3.8) is 0 Å². The summed E-state index contributed by atoms with van der Waals surface area (Å²) in [6.07, 6.45) is 0. The second kappa shape index (κ2) is 7.84. The molecule has 0 atom stereocenters. The zero-order valence-electron chi connectivity index (χ0n) is 19.7. The van der Waals surface area contributed by atoms with Gasteiger partial charge in [0.25, 0.3) is 0 Å². The van der Waals surface area contributed by atoms with Crippen LogP contribution in [0.5, 0.6) is 0 Å². The van der Waals surface area contributed by atoms with Gasteiger partial charge in [0.05, 0.1) is 0 Å². The van der Waals surface area contributed by atoms with Crippen LogP contribution in [0.1, 0.15) is 62.3 Å². The van der Waals surface area contributed by atoms with Crippen LogP contribution in [0, 0.1) is 0 Å². The van der Waals surface area contributed by atoms with E-state index in [0.717, 1.165) is 0 Å². The first kappa shape index (κ1) is 26.1. The van der Waals surface area contributed by atoms with Crippen LogP contribution in [0.3, 0.4) is 0 Å². The summed E-state index contributed by atoms with van der Waals surface area (Å²) in [5, 5.41) is 0.481. The van der Waals surface area contributed by atoms with Gasteiger partial charge in [-0.3, -0.25) is 0 Å². The van der Waals surface area contributed by atoms with Crippen molar-refractivity contribution in [3.8, 4) is 0 Å². The van der Waals surface area contributed by atoms with Crippen LogP contribution >= 0.6 is 0 Å². The third-order valence-electron chi connectivity index (χ3n) is 6.33. The fourth-order valence-electron chi connectivity index (χ4n) is 1.03. The molecule has 0 aromatic rings. The molecule has 0 aliphatic carbocycles. The minimum atomic E-state index is -2.31. The molecule has 25 heavy (non-hydrogen) atoms. The Morgan fingerprint density at radius 1 is 0.440 bits per heavy atom. The van der Waals surface area contributed by atoms with E-state index >= 15 is 0 Å². The maximum absolute atomic E-state index is 6.77. The Hall–Kier alpha value is 1.09. The van der Waals surface area contributed by atoms with Gasteiger partial charge in [-0.1, -0.05) is 0 Å². The van der Waals surface area contributed by atoms with Gasteiger partial charge in [-0.25, -0.2) is 0 Å². The molecule has 0 saturated heterocycles. The molecule has 0 aliphatic heterocycles. The predicted octanol–water partition coefficient (Wildman–Crippen LogP) is 7.04. The molecule has 0 aromatic heterocycles. The summed E-state index contributed by atoms with van der Waals surface area (Å²) in [6.45, 7) is 34.4. The fourth-order valence-corrected chi connectivity index (χ4v) is 17.7. The first-order chi connectivity index (χ1) is 10.5. The fraction of sp³-hybridized carbons (Fsp3) is 1.00. The van der Waals surface area contributed by atoms with E-state index in [4.69, 9.17) is 10.2 Å². The van der Waals surface area contributed by atoms with E-state index in [1.54, 1.807) is 0 Å². The zero-order chi connectivity index (χ0) is 20.7. The summed E-state index contributed by atoms with van der Waals surface area (Å²) in [6, 6.07) is 0. The van der Waals surface area contributed by atoms with E-state index in [1.165, 1.54) is 0 Å². The molecule has 0 N–H and O–H groups in total. The van der Waals surface area contributed by atoms with Crippen molar-refractivity contribution in [3.05, 3.63) is 0 Å². The molecule has 3 nitrogen and oxygen atoms in total. The molecule has 0 rings (SSSR count). The van der Waals surface area contributed by atoms with Crippen molar-refractivity contribution < 1.29 is 10.2 Å². The number of hydrogen-bond donors (Lipinski definition) is 0. The van der Waals surface area contributed by atoms with Gasteiger partial charge in [0, 0.05) is 0 Å². The molecule has 0 bridgehead atoms. The van der Waals surface area contributed by atoms with Crippen molar-refractivity contribution in [1.82, 2.24) is 0 Å². The number of rotatable bonds is 6. The molecular weight excluding hydrogens is 423 g/mol. The van der Waals surface area contributed by atoms with Gasteiger partial charge in [0.2, 0.25) is 0 Å². The van der Waals surface area contributed by atoms with Crippen molar-refractivity contribution >= 4 is 40.6 Å². The van der Waals surface area contributed by atoms with Crippen LogP contribution < -0.4 is 0 Å². The van der Waals surface area contributed by atoms with E-state index in [0.29, 0.717) is 0 Å². The van der Waals surface area contributed by atoms with Crippen LogP contribution in [0.15, 0.2) is 0 Å². The molecule has 7 heteroatoms. The molecule has 0 spiro atoms. The van der Waals surface area contributed by atoms with Crippen LogP contribution in [0.4, 0.5) is 0 Å². The first-order valence-electron chi connectivity index (χ1n) is 9.41. The molecular formula is C18H45AsO3Si3. The third-order valence-corrected chi connectivity index (χ3v) is 30.4. The Morgan fingerprint density at radius 3 is 0.720 bits per heavy atom. The van der Waals surface area contributed by atoms with Gasteiger partial charge in [0.1, 0.15) is 0 Å². The summed E-state index contributed by atoms with van der Waals surface area (Å²) in [5.74, 6) is 0. The average molecular weight is 469 g/mol. The van der Waals surface area contributed by atoms with Crippen molar-refractivity contribution in [1.29, 1.82) is 0 Å². The third kappa shape index (κ3) is 7.20. The zero-order valence-corrected chi connectivity index (χ0v) is 24.5. The van der Waals surface area contributed by atoms with E-state index in [-0.39, 0.29) is 15.1 Å². The molecule has 0 fully saturated rings. The molecule has 152 valence electrons. The van der Waals surface area contributed by atoms with Gasteiger partial charge in [0.15, 0.2) is 0 Å². The van der Waals surface area contributed by atoms with E-state index in [9.17, 15) is 0 Å². The van der Waals surface area contributed by atoms with E-state index < -0.39 is 40.6 Å². The summed E-state index contributed by atoms with van der Waals surface area (Å²) >= 11 is -2.31. The Morgan fingerprint density at radius 2 is 0.600 bits per heavy atom. The predicted molar refractivity (Wildman–Crippen MR) is 121 cm³/mol. The summed E-state index contributed by atoms with van der Waals surface area (Å²) < 4.78 is 20.3. The molecule has 0 aliphatic rings. The van der Waals surface area contributed by atoms with Crippen molar-refractivity contribution in [2.45, 2.75) is 117 Å². The molecule has 0 saturated carbocycles. The maximum atomic E-state index is 6.77. The molecule has 0 unspecified atom stereocenters. The van der Waals surface area contributed by atoms with Crippen LogP contribution in [0.25, 0.3) is 0 Å². The number of hydrogen-bond acceptors (Lipinski definition) is 3. The normalized spacial score (nSPS) is 15.8. The van der Waals surface area contributed by atoms with Gasteiger partial charge in [-0.05, 0) is 0 Å². The van der Waals surface area contributed by atoms with Crippen LogP contribution in [-0.2, 0) is 10.2 Å². The first-order valence-corrected chi connectivity index (χ1v) is 20.4. The van der Waals surface area contributed by atoms with E-state index in [1.807, 2.05) is 0 Å². The molecule has 0 radical (unpaired) electrons. The van der Waals surface area contributed by atoms with Gasteiger partial charge in [-0.15, -0.1) is 0 Å². The standard InChI is InChI=1S/C18H45AsO3Si3/c1-16(2,3)23(10,11)20-19(21-24(12,13)17(4,5)6)22-25(14,15)18(7,8)9/h1-15H3. The summed E-state index contributed by atoms with van der Waals surface area (Å²) in [4.78, 5) is 0. The summed E-state index contributed by atoms with van der Waals surface area (Å²) in [5.41, 5.74) is 0. The Kier molecular flexibility index (Phi) is 8.18. The topological polar surface area (TPSA) is 27.7 Å². The Labute approximate surface area is 167 Å². The van der Waals surface area contributed by atoms with Crippen LogP contribution in [0.2, 0.25) is 54.4 Å². The monoisotopic (exact) mass is 468 g/mol. The van der Waals surface area contributed by atoms with Gasteiger partial charge >= 0.3 is 168 Å². The summed E-state index contributed by atoms with van der Waals surface area (Å²) in [7, 11) is -5.78. The van der Waals surface area contributed by atoms with Crippen molar-refractivity contribution in [2.24, 2.45) is 0 Å². The molecule has 0 aromatic carbocycles. The Balaban J connectivity index is 5.70. The van der Waals surface area contributed by atoms with Crippen LogP contribution in [-0.4, -0.2) is 40.6 Å².